The number of hydrogen-bond acceptors (Lipinski definition) is 4. The number of carboxylic acids is 1. The van der Waals surface area contributed by atoms with E-state index in [0.29, 0.717) is 12.1 Å². The Hall–Kier alpha value is -2.82. The molecule has 0 fully saturated rings. The fourth-order valence-corrected chi connectivity index (χ4v) is 2.22. The highest BCUT2D eigenvalue weighted by atomic mass is 16.4. The summed E-state index contributed by atoms with van der Waals surface area (Å²) in [5.74, 6) is -0.134. The van der Waals surface area contributed by atoms with Gasteiger partial charge in [-0.25, -0.2) is 9.78 Å². The molecule has 2 heterocycles. The van der Waals surface area contributed by atoms with Crippen LogP contribution in [0.4, 0.5) is 5.82 Å². The summed E-state index contributed by atoms with van der Waals surface area (Å²) in [7, 11) is 0. The number of benzene rings is 1. The van der Waals surface area contributed by atoms with Crippen molar-refractivity contribution >= 4 is 22.8 Å². The Morgan fingerprint density at radius 1 is 1.29 bits per heavy atom. The van der Waals surface area contributed by atoms with Crippen LogP contribution in [0.1, 0.15) is 15.9 Å². The number of aromatic nitrogens is 1. The number of pyridine rings is 1. The molecule has 2 N–H and O–H groups in total. The van der Waals surface area contributed by atoms with Gasteiger partial charge in [-0.15, -0.1) is 0 Å². The molecule has 2 aromatic heterocycles. The van der Waals surface area contributed by atoms with Crippen molar-refractivity contribution in [3.63, 3.8) is 0 Å². The third kappa shape index (κ3) is 2.86. The summed E-state index contributed by atoms with van der Waals surface area (Å²) in [6.07, 6.45) is 4.05. The van der Waals surface area contributed by atoms with Crippen LogP contribution in [-0.2, 0) is 6.42 Å². The summed E-state index contributed by atoms with van der Waals surface area (Å²) >= 11 is 0. The van der Waals surface area contributed by atoms with E-state index >= 15 is 0 Å². The molecule has 21 heavy (non-hydrogen) atoms. The van der Waals surface area contributed by atoms with E-state index in [1.165, 1.54) is 0 Å². The molecule has 1 aromatic carbocycles. The minimum atomic E-state index is -0.908. The van der Waals surface area contributed by atoms with E-state index in [1.54, 1.807) is 30.7 Å². The molecule has 0 aliphatic rings. The van der Waals surface area contributed by atoms with E-state index < -0.39 is 5.97 Å². The lowest BCUT2D eigenvalue weighted by Gasteiger charge is -2.07. The molecule has 0 unspecified atom stereocenters. The third-order valence-corrected chi connectivity index (χ3v) is 3.26. The quantitative estimate of drug-likeness (QED) is 0.751. The molecule has 0 radical (unpaired) electrons. The van der Waals surface area contributed by atoms with Crippen molar-refractivity contribution in [2.75, 3.05) is 11.9 Å². The molecule has 3 rings (SSSR count). The van der Waals surface area contributed by atoms with Crippen LogP contribution in [0.15, 0.2) is 53.3 Å². The molecule has 0 spiro atoms. The maximum absolute atomic E-state index is 10.9. The topological polar surface area (TPSA) is 75.4 Å². The molecule has 0 aliphatic carbocycles. The molecule has 5 nitrogen and oxygen atoms in total. The number of fused-ring (bicyclic) bond motifs is 1. The maximum atomic E-state index is 10.9. The van der Waals surface area contributed by atoms with Crippen molar-refractivity contribution in [1.82, 2.24) is 4.98 Å². The van der Waals surface area contributed by atoms with E-state index in [-0.39, 0.29) is 0 Å². The summed E-state index contributed by atoms with van der Waals surface area (Å²) in [5.41, 5.74) is 2.07. The molecule has 0 saturated carbocycles. The fraction of sp³-hybridized carbons (Fsp3) is 0.125. The number of aromatic carboxylic acids is 1. The molecular formula is C16H14N2O3. The molecule has 0 aliphatic heterocycles. The van der Waals surface area contributed by atoms with Crippen molar-refractivity contribution in [3.05, 3.63) is 60.0 Å². The summed E-state index contributed by atoms with van der Waals surface area (Å²) in [5, 5.41) is 13.2. The fourth-order valence-electron chi connectivity index (χ4n) is 2.22. The van der Waals surface area contributed by atoms with Crippen molar-refractivity contribution in [2.45, 2.75) is 6.42 Å². The van der Waals surface area contributed by atoms with Crippen molar-refractivity contribution in [1.29, 1.82) is 0 Å². The molecule has 0 amide bonds. The van der Waals surface area contributed by atoms with Gasteiger partial charge >= 0.3 is 5.97 Å². The molecule has 0 bridgehead atoms. The first-order valence-electron chi connectivity index (χ1n) is 6.62. The number of carbonyl (C=O) groups is 1. The van der Waals surface area contributed by atoms with Crippen LogP contribution in [-0.4, -0.2) is 22.6 Å². The van der Waals surface area contributed by atoms with Crippen molar-refractivity contribution in [3.8, 4) is 0 Å². The lowest BCUT2D eigenvalue weighted by atomic mass is 10.1. The summed E-state index contributed by atoms with van der Waals surface area (Å²) in [6, 6.07) is 10.6. The zero-order chi connectivity index (χ0) is 14.7. The summed E-state index contributed by atoms with van der Waals surface area (Å²) in [6.45, 7) is 0.667. The average molecular weight is 282 g/mol. The normalized spacial score (nSPS) is 10.7. The monoisotopic (exact) mass is 282 g/mol. The van der Waals surface area contributed by atoms with Crippen LogP contribution in [0.2, 0.25) is 0 Å². The van der Waals surface area contributed by atoms with Gasteiger partial charge in [0.1, 0.15) is 11.4 Å². The first kappa shape index (κ1) is 13.2. The second-order valence-corrected chi connectivity index (χ2v) is 4.67. The van der Waals surface area contributed by atoms with E-state index in [1.807, 2.05) is 18.2 Å². The summed E-state index contributed by atoms with van der Waals surface area (Å²) in [4.78, 5) is 15.2. The smallest absolute Gasteiger partial charge is 0.335 e. The number of rotatable bonds is 5. The predicted molar refractivity (Wildman–Crippen MR) is 79.6 cm³/mol. The number of anilines is 1. The van der Waals surface area contributed by atoms with Gasteiger partial charge in [0, 0.05) is 12.7 Å². The van der Waals surface area contributed by atoms with Gasteiger partial charge in [-0.3, -0.25) is 0 Å². The van der Waals surface area contributed by atoms with Crippen LogP contribution in [0, 0.1) is 0 Å². The Labute approximate surface area is 121 Å². The molecular weight excluding hydrogens is 268 g/mol. The van der Waals surface area contributed by atoms with Gasteiger partial charge in [0.25, 0.3) is 0 Å². The van der Waals surface area contributed by atoms with Crippen LogP contribution in [0.5, 0.6) is 0 Å². The molecule has 0 atom stereocenters. The minimum Gasteiger partial charge on any atom is -0.478 e. The SMILES string of the molecule is O=C(O)c1cccc(CCNc2nccc3occc23)c1. The zero-order valence-electron chi connectivity index (χ0n) is 11.2. The Morgan fingerprint density at radius 3 is 3.05 bits per heavy atom. The van der Waals surface area contributed by atoms with Gasteiger partial charge in [0.15, 0.2) is 0 Å². The number of furan rings is 1. The molecule has 3 aromatic rings. The second-order valence-electron chi connectivity index (χ2n) is 4.67. The van der Waals surface area contributed by atoms with E-state index in [9.17, 15) is 4.79 Å². The number of hydrogen-bond donors (Lipinski definition) is 2. The van der Waals surface area contributed by atoms with Crippen LogP contribution >= 0.6 is 0 Å². The van der Waals surface area contributed by atoms with Crippen LogP contribution < -0.4 is 5.32 Å². The minimum absolute atomic E-state index is 0.308. The van der Waals surface area contributed by atoms with Gasteiger partial charge < -0.3 is 14.8 Å². The molecule has 5 heteroatoms. The zero-order valence-corrected chi connectivity index (χ0v) is 11.2. The number of nitrogens with zero attached hydrogens (tertiary/aromatic N) is 1. The largest absolute Gasteiger partial charge is 0.478 e. The lowest BCUT2D eigenvalue weighted by Crippen LogP contribution is -2.07. The van der Waals surface area contributed by atoms with Gasteiger partial charge in [0.05, 0.1) is 17.2 Å². The average Bonchev–Trinajstić information content (AvgIpc) is 2.97. The number of nitrogens with one attached hydrogen (secondary N) is 1. The Bertz CT molecular complexity index is 780. The Morgan fingerprint density at radius 2 is 2.19 bits per heavy atom. The first-order valence-corrected chi connectivity index (χ1v) is 6.62. The Kier molecular flexibility index (Phi) is 3.55. The maximum Gasteiger partial charge on any atom is 0.335 e. The number of carboxylic acid groups (broad SMARTS) is 1. The van der Waals surface area contributed by atoms with Gasteiger partial charge in [-0.1, -0.05) is 12.1 Å². The second kappa shape index (κ2) is 5.66. The molecule has 106 valence electrons. The van der Waals surface area contributed by atoms with Gasteiger partial charge in [-0.05, 0) is 36.2 Å². The third-order valence-electron chi connectivity index (χ3n) is 3.26. The predicted octanol–water partition coefficient (Wildman–Crippen LogP) is 3.18. The lowest BCUT2D eigenvalue weighted by molar-refractivity contribution is 0.0696. The van der Waals surface area contributed by atoms with Crippen molar-refractivity contribution < 1.29 is 14.3 Å². The standard InChI is InChI=1S/C16H14N2O3/c19-16(20)12-3-1-2-11(10-12)4-7-17-15-13-6-9-21-14(13)5-8-18-15/h1-3,5-6,8-10H,4,7H2,(H,17,18)(H,19,20). The van der Waals surface area contributed by atoms with Crippen LogP contribution in [0.3, 0.4) is 0 Å². The van der Waals surface area contributed by atoms with Gasteiger partial charge in [-0.2, -0.15) is 0 Å². The van der Waals surface area contributed by atoms with Crippen molar-refractivity contribution in [2.24, 2.45) is 0 Å². The Balaban J connectivity index is 1.67. The highest BCUT2D eigenvalue weighted by Gasteiger charge is 2.05. The highest BCUT2D eigenvalue weighted by molar-refractivity contribution is 5.88. The van der Waals surface area contributed by atoms with E-state index in [4.69, 9.17) is 9.52 Å². The van der Waals surface area contributed by atoms with E-state index in [0.717, 1.165) is 28.8 Å². The summed E-state index contributed by atoms with van der Waals surface area (Å²) < 4.78 is 5.32. The van der Waals surface area contributed by atoms with Crippen LogP contribution in [0.25, 0.3) is 11.0 Å². The van der Waals surface area contributed by atoms with E-state index in [2.05, 4.69) is 10.3 Å². The molecule has 0 saturated heterocycles. The van der Waals surface area contributed by atoms with Gasteiger partial charge in [0.2, 0.25) is 0 Å². The highest BCUT2D eigenvalue weighted by Crippen LogP contribution is 2.21. The first-order chi connectivity index (χ1) is 10.2.